The number of aromatic nitrogens is 1. The smallest absolute Gasteiger partial charge is 0.407 e. The van der Waals surface area contributed by atoms with E-state index in [1.165, 1.54) is 0 Å². The number of nitrogens with one attached hydrogen (secondary N) is 1. The molecule has 0 aliphatic heterocycles. The summed E-state index contributed by atoms with van der Waals surface area (Å²) in [6, 6.07) is 5.77. The zero-order valence-corrected chi connectivity index (χ0v) is 19.8. The first-order valence-electron chi connectivity index (χ1n) is 8.81. The fourth-order valence-electron chi connectivity index (χ4n) is 1.97. The molecule has 154 valence electrons. The summed E-state index contributed by atoms with van der Waals surface area (Å²) in [7, 11) is -1.90. The standard InChI is InChI=1S/C18H29Cl3N2O3Si/c1-17(2,3)27(4,5)26-12-14(10-15-8-6-7-9-22-15)11-23-16(24)25-13-18(19,20)21/h6-9,14H,10-13H2,1-5H3,(H,23,24). The molecule has 0 saturated carbocycles. The van der Waals surface area contributed by atoms with Crippen molar-refractivity contribution in [2.75, 3.05) is 19.8 Å². The minimum absolute atomic E-state index is 0.0503. The lowest BCUT2D eigenvalue weighted by atomic mass is 10.0. The number of rotatable bonds is 8. The molecule has 1 aromatic heterocycles. The van der Waals surface area contributed by atoms with Gasteiger partial charge in [0, 0.05) is 31.0 Å². The molecule has 1 N–H and O–H groups in total. The van der Waals surface area contributed by atoms with Crippen molar-refractivity contribution < 1.29 is 14.0 Å². The van der Waals surface area contributed by atoms with Crippen LogP contribution < -0.4 is 5.32 Å². The van der Waals surface area contributed by atoms with Crippen molar-refractivity contribution in [2.45, 2.75) is 49.1 Å². The normalized spacial score (nSPS) is 13.9. The maximum absolute atomic E-state index is 11.9. The van der Waals surface area contributed by atoms with Crippen LogP contribution in [0.25, 0.3) is 0 Å². The monoisotopic (exact) mass is 454 g/mol. The first-order chi connectivity index (χ1) is 12.3. The zero-order valence-electron chi connectivity index (χ0n) is 16.5. The third-order valence-corrected chi connectivity index (χ3v) is 9.44. The number of hydrogen-bond acceptors (Lipinski definition) is 4. The minimum atomic E-state index is -1.90. The van der Waals surface area contributed by atoms with Crippen LogP contribution >= 0.6 is 34.8 Å². The highest BCUT2D eigenvalue weighted by molar-refractivity contribution is 6.74. The Bertz CT molecular complexity index is 590. The first kappa shape index (κ1) is 24.5. The lowest BCUT2D eigenvalue weighted by molar-refractivity contribution is 0.143. The number of ether oxygens (including phenoxy) is 1. The van der Waals surface area contributed by atoms with E-state index < -0.39 is 18.2 Å². The molecule has 0 fully saturated rings. The molecule has 0 aliphatic carbocycles. The van der Waals surface area contributed by atoms with Crippen LogP contribution in [0.3, 0.4) is 0 Å². The first-order valence-corrected chi connectivity index (χ1v) is 12.9. The molecule has 0 aromatic carbocycles. The number of carbonyl (C=O) groups excluding carboxylic acids is 1. The van der Waals surface area contributed by atoms with Gasteiger partial charge in [0.15, 0.2) is 8.32 Å². The van der Waals surface area contributed by atoms with Gasteiger partial charge in [-0.25, -0.2) is 4.79 Å². The topological polar surface area (TPSA) is 60.5 Å². The molecular formula is C18H29Cl3N2O3Si. The van der Waals surface area contributed by atoms with E-state index in [0.29, 0.717) is 19.6 Å². The number of alkyl halides is 3. The van der Waals surface area contributed by atoms with Crippen molar-refractivity contribution in [3.05, 3.63) is 30.1 Å². The van der Waals surface area contributed by atoms with Crippen LogP contribution in [-0.2, 0) is 15.6 Å². The van der Waals surface area contributed by atoms with Crippen LogP contribution in [0, 0.1) is 5.92 Å². The minimum Gasteiger partial charge on any atom is -0.445 e. The van der Waals surface area contributed by atoms with Crippen LogP contribution in [0.5, 0.6) is 0 Å². The summed E-state index contributed by atoms with van der Waals surface area (Å²) in [5.74, 6) is 0.0503. The second-order valence-corrected chi connectivity index (χ2v) is 15.4. The highest BCUT2D eigenvalue weighted by atomic mass is 35.6. The van der Waals surface area contributed by atoms with Crippen LogP contribution in [0.1, 0.15) is 26.5 Å². The van der Waals surface area contributed by atoms with Crippen molar-refractivity contribution in [3.8, 4) is 0 Å². The van der Waals surface area contributed by atoms with Gasteiger partial charge in [0.05, 0.1) is 0 Å². The maximum Gasteiger partial charge on any atom is 0.407 e. The van der Waals surface area contributed by atoms with Crippen LogP contribution in [0.15, 0.2) is 24.4 Å². The number of alkyl carbamates (subject to hydrolysis) is 1. The second-order valence-electron chi connectivity index (χ2n) is 8.03. The van der Waals surface area contributed by atoms with Crippen LogP contribution in [0.4, 0.5) is 4.79 Å². The number of halogens is 3. The Hall–Kier alpha value is -0.533. The Morgan fingerprint density at radius 3 is 2.44 bits per heavy atom. The zero-order chi connectivity index (χ0) is 20.7. The average Bonchev–Trinajstić information content (AvgIpc) is 2.54. The van der Waals surface area contributed by atoms with E-state index in [0.717, 1.165) is 5.69 Å². The Morgan fingerprint density at radius 1 is 1.26 bits per heavy atom. The molecule has 1 aromatic rings. The lowest BCUT2D eigenvalue weighted by Crippen LogP contribution is -2.43. The van der Waals surface area contributed by atoms with E-state index in [2.05, 4.69) is 44.2 Å². The van der Waals surface area contributed by atoms with Gasteiger partial charge in [-0.15, -0.1) is 0 Å². The predicted molar refractivity (Wildman–Crippen MR) is 114 cm³/mol. The fraction of sp³-hybridized carbons (Fsp3) is 0.667. The van der Waals surface area contributed by atoms with E-state index in [1.54, 1.807) is 6.20 Å². The summed E-state index contributed by atoms with van der Waals surface area (Å²) >= 11 is 16.8. The SMILES string of the molecule is CC(C)(C)[Si](C)(C)OCC(CNC(=O)OCC(Cl)(Cl)Cl)Cc1ccccn1. The molecule has 0 bridgehead atoms. The van der Waals surface area contributed by atoms with Crippen molar-refractivity contribution >= 4 is 49.2 Å². The Morgan fingerprint density at radius 2 is 1.93 bits per heavy atom. The number of hydrogen-bond donors (Lipinski definition) is 1. The van der Waals surface area contributed by atoms with E-state index in [1.807, 2.05) is 18.2 Å². The molecule has 0 spiro atoms. The van der Waals surface area contributed by atoms with Crippen molar-refractivity contribution in [3.63, 3.8) is 0 Å². The number of amides is 1. The highest BCUT2D eigenvalue weighted by Gasteiger charge is 2.37. The highest BCUT2D eigenvalue weighted by Crippen LogP contribution is 2.36. The van der Waals surface area contributed by atoms with Crippen molar-refractivity contribution in [1.29, 1.82) is 0 Å². The number of pyridine rings is 1. The predicted octanol–water partition coefficient (Wildman–Crippen LogP) is 5.36. The van der Waals surface area contributed by atoms with Gasteiger partial charge in [0.1, 0.15) is 6.61 Å². The number of nitrogens with zero attached hydrogens (tertiary/aromatic N) is 1. The molecule has 1 heterocycles. The molecule has 1 rings (SSSR count). The second kappa shape index (κ2) is 10.3. The van der Waals surface area contributed by atoms with Gasteiger partial charge in [0.2, 0.25) is 3.79 Å². The van der Waals surface area contributed by atoms with Crippen LogP contribution in [-0.4, -0.2) is 42.9 Å². The average molecular weight is 456 g/mol. The lowest BCUT2D eigenvalue weighted by Gasteiger charge is -2.37. The van der Waals surface area contributed by atoms with E-state index in [9.17, 15) is 4.79 Å². The molecule has 0 radical (unpaired) electrons. The van der Waals surface area contributed by atoms with Crippen LogP contribution in [0.2, 0.25) is 18.1 Å². The number of carbonyl (C=O) groups is 1. The third kappa shape index (κ3) is 9.99. The largest absolute Gasteiger partial charge is 0.445 e. The molecule has 9 heteroatoms. The van der Waals surface area contributed by atoms with E-state index in [-0.39, 0.29) is 17.6 Å². The molecule has 27 heavy (non-hydrogen) atoms. The Labute approximate surface area is 178 Å². The summed E-state index contributed by atoms with van der Waals surface area (Å²) in [5, 5.41) is 2.83. The van der Waals surface area contributed by atoms with Gasteiger partial charge in [-0.3, -0.25) is 4.98 Å². The van der Waals surface area contributed by atoms with Gasteiger partial charge in [0.25, 0.3) is 0 Å². The summed E-state index contributed by atoms with van der Waals surface area (Å²) in [5.41, 5.74) is 0.942. The summed E-state index contributed by atoms with van der Waals surface area (Å²) in [4.78, 5) is 16.2. The fourth-order valence-corrected chi connectivity index (χ4v) is 3.22. The molecule has 5 nitrogen and oxygen atoms in total. The molecular weight excluding hydrogens is 427 g/mol. The summed E-state index contributed by atoms with van der Waals surface area (Å²) in [6.07, 6.45) is 1.81. The maximum atomic E-state index is 11.9. The summed E-state index contributed by atoms with van der Waals surface area (Å²) in [6.45, 7) is 11.6. The molecule has 0 saturated heterocycles. The Balaban J connectivity index is 2.67. The van der Waals surface area contributed by atoms with Gasteiger partial charge >= 0.3 is 6.09 Å². The molecule has 1 amide bonds. The third-order valence-electron chi connectivity index (χ3n) is 4.61. The molecule has 1 atom stereocenters. The van der Waals surface area contributed by atoms with Gasteiger partial charge < -0.3 is 14.5 Å². The van der Waals surface area contributed by atoms with E-state index >= 15 is 0 Å². The van der Waals surface area contributed by atoms with E-state index in [4.69, 9.17) is 44.0 Å². The van der Waals surface area contributed by atoms with Gasteiger partial charge in [-0.2, -0.15) is 0 Å². The van der Waals surface area contributed by atoms with Gasteiger partial charge in [-0.05, 0) is 36.7 Å². The molecule has 0 aliphatic rings. The van der Waals surface area contributed by atoms with Gasteiger partial charge in [-0.1, -0.05) is 61.6 Å². The molecule has 1 unspecified atom stereocenters. The van der Waals surface area contributed by atoms with Crippen molar-refractivity contribution in [2.24, 2.45) is 5.92 Å². The van der Waals surface area contributed by atoms with Crippen molar-refractivity contribution in [1.82, 2.24) is 10.3 Å². The summed E-state index contributed by atoms with van der Waals surface area (Å²) < 4.78 is 9.61. The quantitative estimate of drug-likeness (QED) is 0.423. The Kier molecular flexibility index (Phi) is 9.35.